The van der Waals surface area contributed by atoms with Gasteiger partial charge in [-0.05, 0) is 50.2 Å². The molecule has 5 nitrogen and oxygen atoms in total. The molecule has 0 radical (unpaired) electrons. The van der Waals surface area contributed by atoms with Crippen LogP contribution in [0.15, 0.2) is 91.0 Å². The Morgan fingerprint density at radius 2 is 1.06 bits per heavy atom. The molecule has 1 unspecified atom stereocenters. The van der Waals surface area contributed by atoms with Crippen LogP contribution in [-0.2, 0) is 14.3 Å². The van der Waals surface area contributed by atoms with Crippen molar-refractivity contribution < 1.29 is 19.4 Å². The largest absolute Gasteiger partial charge is 0.445 e. The van der Waals surface area contributed by atoms with E-state index in [4.69, 9.17) is 10.5 Å². The maximum absolute atomic E-state index is 12.4. The fourth-order valence-electron chi connectivity index (χ4n) is 3.94. The van der Waals surface area contributed by atoms with Crippen LogP contribution in [0, 0.1) is 0 Å². The van der Waals surface area contributed by atoms with Gasteiger partial charge in [-0.25, -0.2) is 4.79 Å². The Bertz CT molecular complexity index is 954. The number of aliphatic hydroxyl groups is 1. The van der Waals surface area contributed by atoms with Crippen LogP contribution in [-0.4, -0.2) is 27.9 Å². The standard InChI is InChI=1S/C25H26NO4P/c1-24(2,30-23(28)22(26)27)25(3,29)31(19-13-7-4-8-14-19,20-15-9-5-10-16-20)21-17-11-6-12-18-21/h4-18,29H,1-3H3,(H-,26,27)/p+1. The smallest absolute Gasteiger partial charge is 0.397 e. The van der Waals surface area contributed by atoms with E-state index in [1.807, 2.05) is 91.0 Å². The summed E-state index contributed by atoms with van der Waals surface area (Å²) in [6, 6.07) is 29.2. The zero-order valence-electron chi connectivity index (χ0n) is 17.9. The van der Waals surface area contributed by atoms with E-state index in [0.29, 0.717) is 0 Å². The van der Waals surface area contributed by atoms with Crippen molar-refractivity contribution in [3.8, 4) is 0 Å². The Hall–Kier alpha value is -3.01. The molecule has 3 aromatic rings. The fourth-order valence-corrected chi connectivity index (χ4v) is 9.05. The summed E-state index contributed by atoms with van der Waals surface area (Å²) in [5.74, 6) is -2.38. The van der Waals surface area contributed by atoms with Crippen LogP contribution in [0.2, 0.25) is 0 Å². The summed E-state index contributed by atoms with van der Waals surface area (Å²) in [6.45, 7) is 4.89. The lowest BCUT2D eigenvalue weighted by Gasteiger charge is -2.46. The van der Waals surface area contributed by atoms with Crippen LogP contribution in [0.25, 0.3) is 0 Å². The summed E-state index contributed by atoms with van der Waals surface area (Å²) < 4.78 is 5.50. The number of rotatable bonds is 6. The number of esters is 1. The molecule has 0 spiro atoms. The lowest BCUT2D eigenvalue weighted by Crippen LogP contribution is -2.59. The van der Waals surface area contributed by atoms with E-state index in [2.05, 4.69) is 0 Å². The molecule has 0 aliphatic carbocycles. The minimum Gasteiger partial charge on any atom is -0.445 e. The highest BCUT2D eigenvalue weighted by Crippen LogP contribution is 2.68. The molecular weight excluding hydrogens is 409 g/mol. The number of benzene rings is 3. The van der Waals surface area contributed by atoms with Crippen molar-refractivity contribution in [2.45, 2.75) is 31.7 Å². The quantitative estimate of drug-likeness (QED) is 0.353. The molecule has 0 heterocycles. The predicted molar refractivity (Wildman–Crippen MR) is 125 cm³/mol. The lowest BCUT2D eigenvalue weighted by atomic mass is 10.0. The maximum atomic E-state index is 12.4. The second-order valence-electron chi connectivity index (χ2n) is 7.96. The van der Waals surface area contributed by atoms with Crippen molar-refractivity contribution in [1.29, 1.82) is 0 Å². The molecule has 3 rings (SSSR count). The van der Waals surface area contributed by atoms with Gasteiger partial charge in [0.15, 0.2) is 5.60 Å². The average Bonchev–Trinajstić information content (AvgIpc) is 2.76. The Morgan fingerprint density at radius 3 is 1.35 bits per heavy atom. The van der Waals surface area contributed by atoms with Gasteiger partial charge in [-0.2, -0.15) is 0 Å². The summed E-state index contributed by atoms with van der Waals surface area (Å²) in [5.41, 5.74) is 3.69. The van der Waals surface area contributed by atoms with E-state index < -0.39 is 30.1 Å². The topological polar surface area (TPSA) is 89.6 Å². The number of nitrogens with two attached hydrogens (primary N) is 1. The van der Waals surface area contributed by atoms with E-state index in [0.717, 1.165) is 15.9 Å². The Balaban J connectivity index is 2.40. The summed E-state index contributed by atoms with van der Waals surface area (Å²) in [7, 11) is -2.84. The molecule has 1 atom stereocenters. The zero-order valence-corrected chi connectivity index (χ0v) is 18.8. The third kappa shape index (κ3) is 3.87. The first kappa shape index (κ1) is 22.7. The van der Waals surface area contributed by atoms with Crippen molar-refractivity contribution in [1.82, 2.24) is 0 Å². The van der Waals surface area contributed by atoms with Crippen molar-refractivity contribution in [3.63, 3.8) is 0 Å². The number of primary amides is 1. The van der Waals surface area contributed by atoms with Crippen LogP contribution in [0.5, 0.6) is 0 Å². The van der Waals surface area contributed by atoms with E-state index in [9.17, 15) is 14.7 Å². The van der Waals surface area contributed by atoms with Gasteiger partial charge in [0.2, 0.25) is 5.34 Å². The first-order valence-electron chi connectivity index (χ1n) is 9.96. The van der Waals surface area contributed by atoms with Crippen LogP contribution >= 0.6 is 7.26 Å². The van der Waals surface area contributed by atoms with Crippen molar-refractivity contribution in [3.05, 3.63) is 91.0 Å². The molecule has 3 N–H and O–H groups in total. The maximum Gasteiger partial charge on any atom is 0.397 e. The Kier molecular flexibility index (Phi) is 6.30. The predicted octanol–water partition coefficient (Wildman–Crippen LogP) is 2.50. The highest BCUT2D eigenvalue weighted by molar-refractivity contribution is 7.96. The van der Waals surface area contributed by atoms with Crippen LogP contribution in [0.1, 0.15) is 20.8 Å². The summed E-state index contributed by atoms with van der Waals surface area (Å²) in [4.78, 5) is 23.6. The summed E-state index contributed by atoms with van der Waals surface area (Å²) in [5, 5.41) is 13.5. The van der Waals surface area contributed by atoms with Crippen LogP contribution in [0.4, 0.5) is 0 Å². The number of hydrogen-bond acceptors (Lipinski definition) is 4. The SMILES string of the molecule is CC(C)(OC(=O)C(N)=O)C(C)(O)[P+](c1ccccc1)(c1ccccc1)c1ccccc1. The Morgan fingerprint density at radius 1 is 0.742 bits per heavy atom. The average molecular weight is 436 g/mol. The monoisotopic (exact) mass is 436 g/mol. The van der Waals surface area contributed by atoms with Gasteiger partial charge in [-0.15, -0.1) is 0 Å². The molecule has 0 saturated carbocycles. The summed E-state index contributed by atoms with van der Waals surface area (Å²) >= 11 is 0. The number of ether oxygens (including phenoxy) is 1. The van der Waals surface area contributed by atoms with E-state index in [1.165, 1.54) is 0 Å². The van der Waals surface area contributed by atoms with Gasteiger partial charge in [0.05, 0.1) is 0 Å². The fraction of sp³-hybridized carbons (Fsp3) is 0.200. The van der Waals surface area contributed by atoms with Gasteiger partial charge in [0.1, 0.15) is 23.2 Å². The van der Waals surface area contributed by atoms with E-state index in [1.54, 1.807) is 20.8 Å². The molecule has 6 heteroatoms. The molecule has 31 heavy (non-hydrogen) atoms. The molecule has 0 aliphatic heterocycles. The minimum absolute atomic E-state index is 0.917. The van der Waals surface area contributed by atoms with Gasteiger partial charge in [0, 0.05) is 6.92 Å². The first-order valence-corrected chi connectivity index (χ1v) is 11.7. The highest BCUT2D eigenvalue weighted by Gasteiger charge is 2.68. The normalized spacial score (nSPS) is 13.8. The third-order valence-corrected chi connectivity index (χ3v) is 10.8. The summed E-state index contributed by atoms with van der Waals surface area (Å²) in [6.07, 6.45) is 0. The molecule has 0 aliphatic rings. The number of carbonyl (C=O) groups excluding carboxylic acids is 2. The van der Waals surface area contributed by atoms with Gasteiger partial charge >= 0.3 is 11.9 Å². The second-order valence-corrected chi connectivity index (χ2v) is 11.7. The van der Waals surface area contributed by atoms with Crippen molar-refractivity contribution in [2.75, 3.05) is 0 Å². The molecule has 3 aromatic carbocycles. The third-order valence-electron chi connectivity index (χ3n) is 5.77. The second kappa shape index (κ2) is 8.62. The van der Waals surface area contributed by atoms with Gasteiger partial charge in [-0.1, -0.05) is 54.6 Å². The molecule has 0 saturated heterocycles. The molecule has 0 fully saturated rings. The molecule has 0 aromatic heterocycles. The van der Waals surface area contributed by atoms with Crippen molar-refractivity contribution >= 4 is 35.1 Å². The van der Waals surface area contributed by atoms with E-state index >= 15 is 0 Å². The zero-order chi connectivity index (χ0) is 22.7. The Labute approximate surface area is 183 Å². The first-order chi connectivity index (χ1) is 14.6. The van der Waals surface area contributed by atoms with Crippen LogP contribution in [0.3, 0.4) is 0 Å². The lowest BCUT2D eigenvalue weighted by molar-refractivity contribution is -0.174. The molecule has 160 valence electrons. The number of carbonyl (C=O) groups is 2. The highest BCUT2D eigenvalue weighted by atomic mass is 31.2. The van der Waals surface area contributed by atoms with Gasteiger partial charge < -0.3 is 15.6 Å². The van der Waals surface area contributed by atoms with Gasteiger partial charge in [0.25, 0.3) is 0 Å². The molecular formula is C25H27NO4P+. The van der Waals surface area contributed by atoms with Crippen LogP contribution < -0.4 is 21.6 Å². The van der Waals surface area contributed by atoms with Gasteiger partial charge in [-0.3, -0.25) is 4.79 Å². The number of amides is 1. The van der Waals surface area contributed by atoms with E-state index in [-0.39, 0.29) is 0 Å². The minimum atomic E-state index is -2.84. The number of hydrogen-bond donors (Lipinski definition) is 2. The molecule has 1 amide bonds. The molecule has 0 bridgehead atoms. The van der Waals surface area contributed by atoms with Crippen molar-refractivity contribution in [2.24, 2.45) is 5.73 Å².